The zero-order valence-electron chi connectivity index (χ0n) is 9.56. The largest absolute Gasteiger partial charge is 0.304 e. The lowest BCUT2D eigenvalue weighted by atomic mass is 10.1. The van der Waals surface area contributed by atoms with Gasteiger partial charge in [-0.3, -0.25) is 9.97 Å². The van der Waals surface area contributed by atoms with E-state index in [2.05, 4.69) is 22.2 Å². The lowest BCUT2D eigenvalue weighted by Gasteiger charge is -2.15. The third-order valence-corrected chi connectivity index (χ3v) is 3.30. The van der Waals surface area contributed by atoms with E-state index < -0.39 is 0 Å². The summed E-state index contributed by atoms with van der Waals surface area (Å²) in [5.41, 5.74) is 2.69. The third kappa shape index (κ3) is 3.31. The fraction of sp³-hybridized carbons (Fsp3) is 0.333. The molecular weight excluding hydrogens is 237 g/mol. The maximum atomic E-state index is 12.8. The first-order valence-electron chi connectivity index (χ1n) is 5.51. The van der Waals surface area contributed by atoms with Crippen LogP contribution in [0.4, 0.5) is 4.39 Å². The van der Waals surface area contributed by atoms with Gasteiger partial charge in [-0.2, -0.15) is 0 Å². The normalized spacial score (nSPS) is 12.6. The number of rotatable bonds is 5. The molecule has 1 atom stereocenters. The van der Waals surface area contributed by atoms with Crippen molar-refractivity contribution in [3.05, 3.63) is 46.4 Å². The topological polar surface area (TPSA) is 37.8 Å². The number of nitrogens with one attached hydrogen (secondary N) is 1. The maximum Gasteiger partial charge on any atom is 0.141 e. The van der Waals surface area contributed by atoms with Gasteiger partial charge in [0.1, 0.15) is 5.82 Å². The van der Waals surface area contributed by atoms with Crippen molar-refractivity contribution >= 4 is 11.3 Å². The van der Waals surface area contributed by atoms with Crippen LogP contribution in [0.1, 0.15) is 30.0 Å². The maximum absolute atomic E-state index is 12.8. The highest BCUT2D eigenvalue weighted by molar-refractivity contribution is 7.09. The summed E-state index contributed by atoms with van der Waals surface area (Å²) >= 11 is 1.62. The minimum Gasteiger partial charge on any atom is -0.304 e. The number of halogens is 1. The highest BCUT2D eigenvalue weighted by atomic mass is 32.1. The van der Waals surface area contributed by atoms with Gasteiger partial charge in [0.25, 0.3) is 0 Å². The van der Waals surface area contributed by atoms with Crippen molar-refractivity contribution in [3.63, 3.8) is 0 Å². The van der Waals surface area contributed by atoms with Gasteiger partial charge in [-0.05, 0) is 18.6 Å². The van der Waals surface area contributed by atoms with Gasteiger partial charge in [0.2, 0.25) is 0 Å². The lowest BCUT2D eigenvalue weighted by Crippen LogP contribution is -2.20. The summed E-state index contributed by atoms with van der Waals surface area (Å²) < 4.78 is 12.8. The summed E-state index contributed by atoms with van der Waals surface area (Å²) in [6.07, 6.45) is 4.02. The van der Waals surface area contributed by atoms with Crippen molar-refractivity contribution in [2.45, 2.75) is 25.9 Å². The molecule has 0 amide bonds. The summed E-state index contributed by atoms with van der Waals surface area (Å²) in [7, 11) is 0. The molecule has 90 valence electrons. The molecule has 0 spiro atoms. The molecule has 2 rings (SSSR count). The number of hydrogen-bond donors (Lipinski definition) is 1. The van der Waals surface area contributed by atoms with E-state index >= 15 is 0 Å². The van der Waals surface area contributed by atoms with E-state index in [1.807, 2.05) is 11.7 Å². The average molecular weight is 251 g/mol. The van der Waals surface area contributed by atoms with Crippen LogP contribution in [0.2, 0.25) is 0 Å². The molecule has 0 bridgehead atoms. The molecule has 0 radical (unpaired) electrons. The molecule has 0 aliphatic heterocycles. The van der Waals surface area contributed by atoms with Gasteiger partial charge in [0.05, 0.1) is 17.4 Å². The van der Waals surface area contributed by atoms with Gasteiger partial charge >= 0.3 is 0 Å². The van der Waals surface area contributed by atoms with E-state index in [1.165, 1.54) is 17.1 Å². The molecule has 2 heterocycles. The zero-order chi connectivity index (χ0) is 12.1. The Labute approximate surface area is 104 Å². The number of thiazole rings is 1. The van der Waals surface area contributed by atoms with Crippen LogP contribution in [0, 0.1) is 5.82 Å². The molecule has 2 aromatic heterocycles. The second-order valence-electron chi connectivity index (χ2n) is 3.71. The molecule has 0 fully saturated rings. The highest BCUT2D eigenvalue weighted by Gasteiger charge is 2.10. The standard InChI is InChI=1S/C12H14FN3S/c1-2-11(12-4-3-9(13)5-15-12)16-7-10-6-14-8-17-10/h3-6,8,11,16H,2,7H2,1H3. The first kappa shape index (κ1) is 12.1. The van der Waals surface area contributed by atoms with Crippen LogP contribution in [-0.2, 0) is 6.54 Å². The molecule has 0 saturated carbocycles. The van der Waals surface area contributed by atoms with Gasteiger partial charge in [-0.15, -0.1) is 11.3 Å². The lowest BCUT2D eigenvalue weighted by molar-refractivity contribution is 0.506. The van der Waals surface area contributed by atoms with Crippen molar-refractivity contribution < 1.29 is 4.39 Å². The van der Waals surface area contributed by atoms with Crippen molar-refractivity contribution in [3.8, 4) is 0 Å². The summed E-state index contributed by atoms with van der Waals surface area (Å²) in [6, 6.07) is 3.32. The summed E-state index contributed by atoms with van der Waals surface area (Å²) in [5, 5.41) is 3.39. The minimum absolute atomic E-state index is 0.151. The van der Waals surface area contributed by atoms with E-state index in [0.29, 0.717) is 0 Å². The van der Waals surface area contributed by atoms with Gasteiger partial charge < -0.3 is 5.32 Å². The van der Waals surface area contributed by atoms with E-state index in [9.17, 15) is 4.39 Å². The predicted molar refractivity (Wildman–Crippen MR) is 66.2 cm³/mol. The summed E-state index contributed by atoms with van der Waals surface area (Å²) in [5.74, 6) is -0.300. The van der Waals surface area contributed by atoms with Crippen molar-refractivity contribution in [1.82, 2.24) is 15.3 Å². The van der Waals surface area contributed by atoms with Crippen LogP contribution in [0.5, 0.6) is 0 Å². The number of hydrogen-bond acceptors (Lipinski definition) is 4. The summed E-state index contributed by atoms with van der Waals surface area (Å²) in [4.78, 5) is 9.31. The zero-order valence-corrected chi connectivity index (χ0v) is 10.4. The second kappa shape index (κ2) is 5.84. The van der Waals surface area contributed by atoms with Crippen LogP contribution in [0.3, 0.4) is 0 Å². The van der Waals surface area contributed by atoms with Crippen molar-refractivity contribution in [2.24, 2.45) is 0 Å². The Kier molecular flexibility index (Phi) is 4.17. The van der Waals surface area contributed by atoms with Gasteiger partial charge in [0, 0.05) is 23.7 Å². The van der Waals surface area contributed by atoms with E-state index in [4.69, 9.17) is 0 Å². The van der Waals surface area contributed by atoms with Gasteiger partial charge in [-0.1, -0.05) is 6.92 Å². The number of pyridine rings is 1. The Bertz CT molecular complexity index is 441. The molecule has 1 N–H and O–H groups in total. The SMILES string of the molecule is CCC(NCc1cncs1)c1ccc(F)cn1. The molecule has 0 aliphatic carbocycles. The van der Waals surface area contributed by atoms with Crippen molar-refractivity contribution in [1.29, 1.82) is 0 Å². The van der Waals surface area contributed by atoms with E-state index in [-0.39, 0.29) is 11.9 Å². The fourth-order valence-corrected chi connectivity index (χ4v) is 2.15. The van der Waals surface area contributed by atoms with E-state index in [0.717, 1.165) is 18.7 Å². The molecule has 2 aromatic rings. The van der Waals surface area contributed by atoms with Crippen molar-refractivity contribution in [2.75, 3.05) is 0 Å². The summed E-state index contributed by atoms with van der Waals surface area (Å²) in [6.45, 7) is 2.84. The molecule has 0 aromatic carbocycles. The molecule has 0 aliphatic rings. The number of aromatic nitrogens is 2. The molecule has 3 nitrogen and oxygen atoms in total. The van der Waals surface area contributed by atoms with Crippen LogP contribution in [0.15, 0.2) is 30.0 Å². The Morgan fingerprint density at radius 3 is 2.88 bits per heavy atom. The Hall–Kier alpha value is -1.33. The molecule has 17 heavy (non-hydrogen) atoms. The fourth-order valence-electron chi connectivity index (χ4n) is 1.60. The number of nitrogens with zero attached hydrogens (tertiary/aromatic N) is 2. The molecular formula is C12H14FN3S. The smallest absolute Gasteiger partial charge is 0.141 e. The third-order valence-electron chi connectivity index (χ3n) is 2.52. The first-order valence-corrected chi connectivity index (χ1v) is 6.39. The molecule has 0 saturated heterocycles. The molecule has 1 unspecified atom stereocenters. The average Bonchev–Trinajstić information content (AvgIpc) is 2.85. The van der Waals surface area contributed by atoms with E-state index in [1.54, 1.807) is 17.4 Å². The van der Waals surface area contributed by atoms with Crippen LogP contribution >= 0.6 is 11.3 Å². The van der Waals surface area contributed by atoms with Crippen LogP contribution < -0.4 is 5.32 Å². The monoisotopic (exact) mass is 251 g/mol. The van der Waals surface area contributed by atoms with Crippen LogP contribution in [-0.4, -0.2) is 9.97 Å². The van der Waals surface area contributed by atoms with Gasteiger partial charge in [0.15, 0.2) is 0 Å². The minimum atomic E-state index is -0.300. The quantitative estimate of drug-likeness (QED) is 0.888. The Balaban J connectivity index is 1.99. The van der Waals surface area contributed by atoms with Crippen LogP contribution in [0.25, 0.3) is 0 Å². The predicted octanol–water partition coefficient (Wildman–Crippen LogP) is 2.92. The first-order chi connectivity index (χ1) is 8.29. The Morgan fingerprint density at radius 2 is 2.29 bits per heavy atom. The second-order valence-corrected chi connectivity index (χ2v) is 4.68. The highest BCUT2D eigenvalue weighted by Crippen LogP contribution is 2.16. The Morgan fingerprint density at radius 1 is 1.41 bits per heavy atom. The van der Waals surface area contributed by atoms with Gasteiger partial charge in [-0.25, -0.2) is 4.39 Å². The molecule has 5 heteroatoms.